The summed E-state index contributed by atoms with van der Waals surface area (Å²) in [4.78, 5) is 8.24. The number of piperidine rings is 1. The van der Waals surface area contributed by atoms with E-state index in [0.29, 0.717) is 0 Å². The van der Waals surface area contributed by atoms with E-state index in [1.54, 1.807) is 0 Å². The van der Waals surface area contributed by atoms with Crippen LogP contribution < -0.4 is 0 Å². The van der Waals surface area contributed by atoms with Crippen LogP contribution in [0.2, 0.25) is 0 Å². The fourth-order valence-corrected chi connectivity index (χ4v) is 5.03. The molecule has 0 saturated carbocycles. The van der Waals surface area contributed by atoms with Crippen LogP contribution in [0.3, 0.4) is 0 Å². The van der Waals surface area contributed by atoms with Gasteiger partial charge in [-0.3, -0.25) is 9.80 Å². The highest BCUT2D eigenvalue weighted by Gasteiger charge is 2.45. The fourth-order valence-electron chi connectivity index (χ4n) is 5.03. The molecule has 0 amide bonds. The first-order valence-corrected chi connectivity index (χ1v) is 10.6. The number of benzene rings is 2. The molecule has 1 aromatic heterocycles. The van der Waals surface area contributed by atoms with E-state index in [0.717, 1.165) is 57.9 Å². The smallest absolute Gasteiger partial charge is 0.108 e. The van der Waals surface area contributed by atoms with Crippen molar-refractivity contribution >= 4 is 10.9 Å². The van der Waals surface area contributed by atoms with Crippen molar-refractivity contribution in [1.82, 2.24) is 14.8 Å². The van der Waals surface area contributed by atoms with Crippen molar-refractivity contribution in [3.8, 4) is 0 Å². The third-order valence-electron chi connectivity index (χ3n) is 6.63. The van der Waals surface area contributed by atoms with Crippen LogP contribution in [0.4, 0.5) is 0 Å². The number of aromatic amines is 1. The molecule has 152 valence electrons. The van der Waals surface area contributed by atoms with Gasteiger partial charge in [-0.05, 0) is 29.7 Å². The minimum Gasteiger partial charge on any atom is -0.383 e. The summed E-state index contributed by atoms with van der Waals surface area (Å²) < 4.78 is 5.59. The summed E-state index contributed by atoms with van der Waals surface area (Å²) in [6, 6.07) is 18.9. The van der Waals surface area contributed by atoms with E-state index in [-0.39, 0.29) is 6.04 Å². The van der Waals surface area contributed by atoms with E-state index in [9.17, 15) is 5.11 Å². The van der Waals surface area contributed by atoms with Crippen molar-refractivity contribution in [3.63, 3.8) is 0 Å². The maximum Gasteiger partial charge on any atom is 0.108 e. The molecule has 2 N–H and O–H groups in total. The lowest BCUT2D eigenvalue weighted by Gasteiger charge is -2.50. The highest BCUT2D eigenvalue weighted by molar-refractivity contribution is 5.82. The number of nitrogens with one attached hydrogen (secondary N) is 1. The van der Waals surface area contributed by atoms with Gasteiger partial charge >= 0.3 is 0 Å². The molecule has 29 heavy (non-hydrogen) atoms. The summed E-state index contributed by atoms with van der Waals surface area (Å²) >= 11 is 0. The fraction of sp³-hybridized carbons (Fsp3) is 0.417. The van der Waals surface area contributed by atoms with Crippen molar-refractivity contribution in [2.75, 3.05) is 39.4 Å². The first-order chi connectivity index (χ1) is 14.2. The van der Waals surface area contributed by atoms with Crippen LogP contribution in [0.25, 0.3) is 10.9 Å². The van der Waals surface area contributed by atoms with Gasteiger partial charge in [0.2, 0.25) is 0 Å². The van der Waals surface area contributed by atoms with E-state index in [4.69, 9.17) is 4.74 Å². The quantitative estimate of drug-likeness (QED) is 0.718. The molecule has 0 spiro atoms. The molecule has 2 saturated heterocycles. The molecule has 5 heteroatoms. The Labute approximate surface area is 171 Å². The summed E-state index contributed by atoms with van der Waals surface area (Å²) in [6.07, 6.45) is 2.75. The average molecular weight is 392 g/mol. The maximum absolute atomic E-state index is 11.9. The van der Waals surface area contributed by atoms with Crippen molar-refractivity contribution in [2.45, 2.75) is 24.6 Å². The van der Waals surface area contributed by atoms with Gasteiger partial charge in [-0.25, -0.2) is 0 Å². The Kier molecular flexibility index (Phi) is 5.14. The SMILES string of the molecule is O[C@]1(c2ccccc2)CCN(Cc2cccc3[nH]ccc23)C[C@H]1N1CCOCC1. The molecule has 3 aromatic rings. The van der Waals surface area contributed by atoms with Crippen LogP contribution in [0, 0.1) is 0 Å². The monoisotopic (exact) mass is 391 g/mol. The minimum atomic E-state index is -0.824. The molecular formula is C24H29N3O2. The first kappa shape index (κ1) is 18.8. The van der Waals surface area contributed by atoms with Crippen molar-refractivity contribution in [1.29, 1.82) is 0 Å². The van der Waals surface area contributed by atoms with Crippen molar-refractivity contribution in [3.05, 3.63) is 71.9 Å². The number of fused-ring (bicyclic) bond motifs is 1. The Balaban J connectivity index is 1.42. The molecular weight excluding hydrogens is 362 g/mol. The highest BCUT2D eigenvalue weighted by Crippen LogP contribution is 2.37. The zero-order chi connectivity index (χ0) is 19.7. The highest BCUT2D eigenvalue weighted by atomic mass is 16.5. The first-order valence-electron chi connectivity index (χ1n) is 10.6. The number of morpholine rings is 1. The van der Waals surface area contributed by atoms with Gasteiger partial charge in [0.15, 0.2) is 0 Å². The van der Waals surface area contributed by atoms with Gasteiger partial charge in [0.1, 0.15) is 5.60 Å². The van der Waals surface area contributed by atoms with E-state index in [2.05, 4.69) is 51.2 Å². The van der Waals surface area contributed by atoms with Gasteiger partial charge in [0, 0.05) is 49.8 Å². The average Bonchev–Trinajstić information content (AvgIpc) is 3.26. The molecule has 2 atom stereocenters. The van der Waals surface area contributed by atoms with Crippen LogP contribution in [-0.2, 0) is 16.9 Å². The third-order valence-corrected chi connectivity index (χ3v) is 6.63. The van der Waals surface area contributed by atoms with Gasteiger partial charge in [0.05, 0.1) is 19.3 Å². The van der Waals surface area contributed by atoms with Crippen LogP contribution >= 0.6 is 0 Å². The van der Waals surface area contributed by atoms with Gasteiger partial charge in [-0.1, -0.05) is 42.5 Å². The summed E-state index contributed by atoms with van der Waals surface area (Å²) in [5.74, 6) is 0. The normalized spacial score (nSPS) is 26.7. The number of likely N-dealkylation sites (tertiary alicyclic amines) is 1. The Bertz CT molecular complexity index is 951. The summed E-state index contributed by atoms with van der Waals surface area (Å²) in [6.45, 7) is 5.87. The largest absolute Gasteiger partial charge is 0.383 e. The van der Waals surface area contributed by atoms with Crippen LogP contribution in [0.15, 0.2) is 60.8 Å². The van der Waals surface area contributed by atoms with Gasteiger partial charge < -0.3 is 14.8 Å². The third kappa shape index (κ3) is 3.60. The van der Waals surface area contributed by atoms with Crippen molar-refractivity contribution < 1.29 is 9.84 Å². The predicted molar refractivity (Wildman–Crippen MR) is 115 cm³/mol. The topological polar surface area (TPSA) is 51.7 Å². The maximum atomic E-state index is 11.9. The molecule has 0 bridgehead atoms. The Morgan fingerprint density at radius 2 is 1.83 bits per heavy atom. The second kappa shape index (κ2) is 7.92. The molecule has 5 nitrogen and oxygen atoms in total. The molecule has 5 rings (SSSR count). The number of ether oxygens (including phenoxy) is 1. The lowest BCUT2D eigenvalue weighted by atomic mass is 9.79. The molecule has 0 radical (unpaired) electrons. The van der Waals surface area contributed by atoms with E-state index in [1.165, 1.54) is 16.5 Å². The summed E-state index contributed by atoms with van der Waals surface area (Å²) in [5.41, 5.74) is 2.73. The van der Waals surface area contributed by atoms with Gasteiger partial charge in [-0.15, -0.1) is 0 Å². The van der Waals surface area contributed by atoms with Crippen LogP contribution in [0.5, 0.6) is 0 Å². The Morgan fingerprint density at radius 3 is 2.66 bits per heavy atom. The number of hydrogen-bond acceptors (Lipinski definition) is 4. The molecule has 2 aromatic carbocycles. The standard InChI is InChI=1S/C24H29N3O2/c28-24(20-6-2-1-3-7-20)10-12-26(18-23(24)27-13-15-29-16-14-27)17-19-5-4-8-22-21(19)9-11-25-22/h1-9,11,23,25,28H,10,12-18H2/t23-,24+/m1/s1. The molecule has 2 aliphatic rings. The van der Waals surface area contributed by atoms with Gasteiger partial charge in [0.25, 0.3) is 0 Å². The van der Waals surface area contributed by atoms with E-state index >= 15 is 0 Å². The Hall–Kier alpha value is -2.18. The number of H-pyrrole nitrogens is 1. The minimum absolute atomic E-state index is 0.0629. The zero-order valence-corrected chi connectivity index (χ0v) is 16.8. The van der Waals surface area contributed by atoms with Crippen LogP contribution in [-0.4, -0.2) is 65.3 Å². The molecule has 2 aliphatic heterocycles. The summed E-state index contributed by atoms with van der Waals surface area (Å²) in [5, 5.41) is 13.2. The predicted octanol–water partition coefficient (Wildman–Crippen LogP) is 2.96. The van der Waals surface area contributed by atoms with Crippen LogP contribution in [0.1, 0.15) is 17.5 Å². The van der Waals surface area contributed by atoms with E-state index in [1.807, 2.05) is 24.4 Å². The number of rotatable bonds is 4. The van der Waals surface area contributed by atoms with Gasteiger partial charge in [-0.2, -0.15) is 0 Å². The molecule has 0 unspecified atom stereocenters. The number of aromatic nitrogens is 1. The second-order valence-electron chi connectivity index (χ2n) is 8.30. The number of hydrogen-bond donors (Lipinski definition) is 2. The number of aliphatic hydroxyl groups is 1. The zero-order valence-electron chi connectivity index (χ0n) is 16.8. The summed E-state index contributed by atoms with van der Waals surface area (Å²) in [7, 11) is 0. The number of nitrogens with zero attached hydrogens (tertiary/aromatic N) is 2. The second-order valence-corrected chi connectivity index (χ2v) is 8.30. The molecule has 2 fully saturated rings. The van der Waals surface area contributed by atoms with E-state index < -0.39 is 5.60 Å². The Morgan fingerprint density at radius 1 is 1.00 bits per heavy atom. The lowest BCUT2D eigenvalue weighted by molar-refractivity contribution is -0.119. The lowest BCUT2D eigenvalue weighted by Crippen LogP contribution is -2.62. The van der Waals surface area contributed by atoms with Crippen molar-refractivity contribution in [2.24, 2.45) is 0 Å². The molecule has 3 heterocycles. The molecule has 0 aliphatic carbocycles.